The van der Waals surface area contributed by atoms with Crippen molar-refractivity contribution in [2.24, 2.45) is 5.92 Å². The van der Waals surface area contributed by atoms with Gasteiger partial charge in [-0.1, -0.05) is 19.8 Å². The molecule has 1 saturated carbocycles. The molecule has 1 heterocycles. The molecule has 0 amide bonds. The van der Waals surface area contributed by atoms with Gasteiger partial charge in [0.25, 0.3) is 0 Å². The van der Waals surface area contributed by atoms with E-state index in [4.69, 9.17) is 0 Å². The molecule has 1 saturated heterocycles. The van der Waals surface area contributed by atoms with E-state index < -0.39 is 0 Å². The summed E-state index contributed by atoms with van der Waals surface area (Å²) in [5.41, 5.74) is 0. The highest BCUT2D eigenvalue weighted by Crippen LogP contribution is 2.32. The summed E-state index contributed by atoms with van der Waals surface area (Å²) in [4.78, 5) is 0. The van der Waals surface area contributed by atoms with Gasteiger partial charge in [0.05, 0.1) is 6.61 Å². The van der Waals surface area contributed by atoms with Gasteiger partial charge in [0.2, 0.25) is 0 Å². The molecule has 0 aromatic carbocycles. The van der Waals surface area contributed by atoms with E-state index in [1.807, 2.05) is 0 Å². The Kier molecular flexibility index (Phi) is 5.26. The first-order valence-electron chi connectivity index (χ1n) is 7.45. The lowest BCUT2D eigenvalue weighted by Gasteiger charge is -2.34. The van der Waals surface area contributed by atoms with E-state index >= 15 is 0 Å². The molecule has 100 valence electrons. The minimum atomic E-state index is 0.276. The monoisotopic (exact) mass is 240 g/mol. The molecule has 0 radical (unpaired) electrons. The van der Waals surface area contributed by atoms with Gasteiger partial charge in [0.1, 0.15) is 0 Å². The summed E-state index contributed by atoms with van der Waals surface area (Å²) >= 11 is 0. The van der Waals surface area contributed by atoms with Crippen molar-refractivity contribution in [1.82, 2.24) is 10.6 Å². The maximum absolute atomic E-state index is 9.30. The molecule has 1 aliphatic heterocycles. The van der Waals surface area contributed by atoms with Gasteiger partial charge in [0.15, 0.2) is 0 Å². The third-order valence-corrected chi connectivity index (χ3v) is 4.60. The van der Waals surface area contributed by atoms with E-state index in [0.717, 1.165) is 18.4 Å². The van der Waals surface area contributed by atoms with Crippen LogP contribution in [0.4, 0.5) is 0 Å². The van der Waals surface area contributed by atoms with Crippen LogP contribution in [0.2, 0.25) is 0 Å². The highest BCUT2D eigenvalue weighted by molar-refractivity contribution is 4.93. The molecule has 2 aliphatic rings. The standard InChI is InChI=1S/C14H28N2O/c1-2-11(10-17)16-14-8-5-6-12(14)13-7-3-4-9-15-13/h11-17H,2-10H2,1H3. The lowest BCUT2D eigenvalue weighted by Crippen LogP contribution is -2.49. The maximum atomic E-state index is 9.30. The highest BCUT2D eigenvalue weighted by Gasteiger charge is 2.34. The van der Waals surface area contributed by atoms with Gasteiger partial charge in [0, 0.05) is 18.1 Å². The number of aliphatic hydroxyl groups is 1. The van der Waals surface area contributed by atoms with Crippen molar-refractivity contribution in [3.05, 3.63) is 0 Å². The van der Waals surface area contributed by atoms with Crippen molar-refractivity contribution in [2.45, 2.75) is 70.0 Å². The van der Waals surface area contributed by atoms with Crippen LogP contribution in [-0.4, -0.2) is 36.4 Å². The van der Waals surface area contributed by atoms with Crippen LogP contribution in [0, 0.1) is 5.92 Å². The Labute approximate surface area is 105 Å². The lowest BCUT2D eigenvalue weighted by atomic mass is 9.88. The molecule has 4 atom stereocenters. The second-order valence-corrected chi connectivity index (χ2v) is 5.71. The first-order valence-corrected chi connectivity index (χ1v) is 7.45. The summed E-state index contributed by atoms with van der Waals surface area (Å²) < 4.78 is 0. The zero-order chi connectivity index (χ0) is 12.1. The van der Waals surface area contributed by atoms with Crippen molar-refractivity contribution in [1.29, 1.82) is 0 Å². The summed E-state index contributed by atoms with van der Waals surface area (Å²) in [7, 11) is 0. The van der Waals surface area contributed by atoms with Gasteiger partial charge < -0.3 is 15.7 Å². The number of nitrogens with one attached hydrogen (secondary N) is 2. The number of piperidine rings is 1. The van der Waals surface area contributed by atoms with E-state index in [2.05, 4.69) is 17.6 Å². The molecule has 2 rings (SSSR count). The van der Waals surface area contributed by atoms with Crippen LogP contribution in [0.5, 0.6) is 0 Å². The van der Waals surface area contributed by atoms with Gasteiger partial charge in [-0.05, 0) is 44.6 Å². The lowest BCUT2D eigenvalue weighted by molar-refractivity contribution is 0.197. The Bertz CT molecular complexity index is 212. The van der Waals surface area contributed by atoms with Gasteiger partial charge in [-0.2, -0.15) is 0 Å². The zero-order valence-corrected chi connectivity index (χ0v) is 11.1. The van der Waals surface area contributed by atoms with Gasteiger partial charge in [-0.3, -0.25) is 0 Å². The molecule has 17 heavy (non-hydrogen) atoms. The van der Waals surface area contributed by atoms with Crippen molar-refractivity contribution in [2.75, 3.05) is 13.2 Å². The number of aliphatic hydroxyl groups excluding tert-OH is 1. The Morgan fingerprint density at radius 1 is 1.24 bits per heavy atom. The predicted molar refractivity (Wildman–Crippen MR) is 71.1 cm³/mol. The average molecular weight is 240 g/mol. The van der Waals surface area contributed by atoms with E-state index in [1.165, 1.54) is 45.1 Å². The van der Waals surface area contributed by atoms with Crippen molar-refractivity contribution < 1.29 is 5.11 Å². The van der Waals surface area contributed by atoms with E-state index in [0.29, 0.717) is 12.1 Å². The Hall–Kier alpha value is -0.120. The minimum Gasteiger partial charge on any atom is -0.395 e. The quantitative estimate of drug-likeness (QED) is 0.685. The smallest absolute Gasteiger partial charge is 0.0584 e. The topological polar surface area (TPSA) is 44.3 Å². The molecule has 0 aromatic heterocycles. The summed E-state index contributed by atoms with van der Waals surface area (Å²) in [6, 6.07) is 1.65. The first-order chi connectivity index (χ1) is 8.35. The van der Waals surface area contributed by atoms with Gasteiger partial charge >= 0.3 is 0 Å². The van der Waals surface area contributed by atoms with E-state index in [-0.39, 0.29) is 6.61 Å². The largest absolute Gasteiger partial charge is 0.395 e. The molecular weight excluding hydrogens is 212 g/mol. The Morgan fingerprint density at radius 3 is 2.76 bits per heavy atom. The molecule has 3 nitrogen and oxygen atoms in total. The molecular formula is C14H28N2O. The summed E-state index contributed by atoms with van der Waals surface area (Å²) in [5.74, 6) is 0.788. The number of hydrogen-bond acceptors (Lipinski definition) is 3. The minimum absolute atomic E-state index is 0.276. The molecule has 0 aromatic rings. The predicted octanol–water partition coefficient (Wildman–Crippen LogP) is 1.66. The average Bonchev–Trinajstić information content (AvgIpc) is 2.85. The van der Waals surface area contributed by atoms with Crippen LogP contribution >= 0.6 is 0 Å². The van der Waals surface area contributed by atoms with Crippen LogP contribution in [0.25, 0.3) is 0 Å². The second kappa shape index (κ2) is 6.72. The molecule has 0 bridgehead atoms. The Morgan fingerprint density at radius 2 is 2.12 bits per heavy atom. The fraction of sp³-hybridized carbons (Fsp3) is 1.00. The molecule has 1 aliphatic carbocycles. The van der Waals surface area contributed by atoms with Crippen LogP contribution < -0.4 is 10.6 Å². The van der Waals surface area contributed by atoms with Crippen LogP contribution in [-0.2, 0) is 0 Å². The van der Waals surface area contributed by atoms with Crippen LogP contribution in [0.3, 0.4) is 0 Å². The molecule has 4 unspecified atom stereocenters. The summed E-state index contributed by atoms with van der Waals surface area (Å²) in [6.45, 7) is 3.62. The van der Waals surface area contributed by atoms with Crippen molar-refractivity contribution in [3.8, 4) is 0 Å². The van der Waals surface area contributed by atoms with Crippen molar-refractivity contribution >= 4 is 0 Å². The normalized spacial score (nSPS) is 36.0. The SMILES string of the molecule is CCC(CO)NC1CCCC1C1CCCCN1. The van der Waals surface area contributed by atoms with Gasteiger partial charge in [-0.15, -0.1) is 0 Å². The number of rotatable bonds is 5. The highest BCUT2D eigenvalue weighted by atomic mass is 16.3. The van der Waals surface area contributed by atoms with E-state index in [9.17, 15) is 5.11 Å². The van der Waals surface area contributed by atoms with Crippen molar-refractivity contribution in [3.63, 3.8) is 0 Å². The third kappa shape index (κ3) is 3.43. The molecule has 2 fully saturated rings. The fourth-order valence-corrected chi connectivity index (χ4v) is 3.52. The first kappa shape index (κ1) is 13.3. The van der Waals surface area contributed by atoms with E-state index in [1.54, 1.807) is 0 Å². The maximum Gasteiger partial charge on any atom is 0.0584 e. The second-order valence-electron chi connectivity index (χ2n) is 5.71. The third-order valence-electron chi connectivity index (χ3n) is 4.60. The molecule has 3 heteroatoms. The number of hydrogen-bond donors (Lipinski definition) is 3. The Balaban J connectivity index is 1.87. The van der Waals surface area contributed by atoms with Gasteiger partial charge in [-0.25, -0.2) is 0 Å². The summed E-state index contributed by atoms with van der Waals surface area (Å²) in [5, 5.41) is 16.7. The van der Waals surface area contributed by atoms with Crippen LogP contribution in [0.15, 0.2) is 0 Å². The zero-order valence-electron chi connectivity index (χ0n) is 11.1. The molecule has 3 N–H and O–H groups in total. The molecule has 0 spiro atoms. The van der Waals surface area contributed by atoms with Crippen LogP contribution in [0.1, 0.15) is 51.9 Å². The summed E-state index contributed by atoms with van der Waals surface area (Å²) in [6.07, 6.45) is 9.10. The fourth-order valence-electron chi connectivity index (χ4n) is 3.52.